The predicted octanol–water partition coefficient (Wildman–Crippen LogP) is 2.35. The third-order valence-electron chi connectivity index (χ3n) is 3.05. The van der Waals surface area contributed by atoms with E-state index in [0.717, 1.165) is 0 Å². The first kappa shape index (κ1) is 20.2. The highest BCUT2D eigenvalue weighted by Gasteiger charge is 2.25. The Morgan fingerprint density at radius 1 is 1.29 bits per heavy atom. The fourth-order valence-electron chi connectivity index (χ4n) is 2.01. The number of aliphatic hydroxyl groups excluding tert-OH is 2. The molecule has 0 spiro atoms. The van der Waals surface area contributed by atoms with Gasteiger partial charge in [0.2, 0.25) is 0 Å². The first-order chi connectivity index (χ1) is 11.0. The van der Waals surface area contributed by atoms with Crippen molar-refractivity contribution in [3.63, 3.8) is 0 Å². The highest BCUT2D eigenvalue weighted by Crippen LogP contribution is 2.28. The maximum Gasteiger partial charge on any atom is 0.407 e. The molecule has 24 heavy (non-hydrogen) atoms. The number of amides is 1. The number of alkyl carbamates (subject to hydrolysis) is 1. The van der Waals surface area contributed by atoms with Crippen molar-refractivity contribution in [2.75, 3.05) is 6.54 Å². The Balaban J connectivity index is 2.66. The first-order valence-electron chi connectivity index (χ1n) is 7.37. The molecule has 1 rings (SSSR count). The second kappa shape index (κ2) is 8.32. The number of aromatic carboxylic acids is 1. The largest absolute Gasteiger partial charge is 0.478 e. The van der Waals surface area contributed by atoms with E-state index in [0.29, 0.717) is 0 Å². The number of carboxylic acids is 1. The van der Waals surface area contributed by atoms with Crippen molar-refractivity contribution in [3.8, 4) is 0 Å². The molecule has 0 saturated heterocycles. The lowest BCUT2D eigenvalue weighted by molar-refractivity contribution is 0.0115. The molecule has 7 nitrogen and oxygen atoms in total. The highest BCUT2D eigenvalue weighted by atomic mass is 35.5. The summed E-state index contributed by atoms with van der Waals surface area (Å²) in [6.45, 7) is 5.21. The van der Waals surface area contributed by atoms with Gasteiger partial charge in [0, 0.05) is 6.54 Å². The van der Waals surface area contributed by atoms with E-state index in [2.05, 4.69) is 5.32 Å². The Morgan fingerprint density at radius 3 is 2.46 bits per heavy atom. The Kier molecular flexibility index (Phi) is 7.01. The van der Waals surface area contributed by atoms with E-state index in [-0.39, 0.29) is 29.1 Å². The van der Waals surface area contributed by atoms with Crippen LogP contribution in [0.5, 0.6) is 0 Å². The van der Waals surface area contributed by atoms with Gasteiger partial charge in [-0.2, -0.15) is 0 Å². The van der Waals surface area contributed by atoms with Crippen LogP contribution in [0.1, 0.15) is 49.2 Å². The van der Waals surface area contributed by atoms with E-state index < -0.39 is 29.9 Å². The van der Waals surface area contributed by atoms with Crippen LogP contribution in [-0.2, 0) is 4.74 Å². The summed E-state index contributed by atoms with van der Waals surface area (Å²) >= 11 is 5.83. The molecule has 1 aromatic rings. The van der Waals surface area contributed by atoms with Crippen molar-refractivity contribution in [1.29, 1.82) is 0 Å². The number of ether oxygens (including phenoxy) is 1. The summed E-state index contributed by atoms with van der Waals surface area (Å²) in [5, 5.41) is 31.8. The van der Waals surface area contributed by atoms with E-state index in [1.54, 1.807) is 20.8 Å². The molecule has 0 bridgehead atoms. The Morgan fingerprint density at radius 2 is 1.92 bits per heavy atom. The van der Waals surface area contributed by atoms with Crippen molar-refractivity contribution in [2.24, 2.45) is 0 Å². The molecule has 0 radical (unpaired) electrons. The number of rotatable bonds is 6. The number of carboxylic acid groups (broad SMARTS) is 1. The van der Waals surface area contributed by atoms with E-state index in [4.69, 9.17) is 16.3 Å². The minimum Gasteiger partial charge on any atom is -0.478 e. The normalized spacial score (nSPS) is 13.9. The summed E-state index contributed by atoms with van der Waals surface area (Å²) in [6, 6.07) is 4.25. The van der Waals surface area contributed by atoms with Gasteiger partial charge in [0.15, 0.2) is 0 Å². The van der Waals surface area contributed by atoms with Gasteiger partial charge in [-0.05, 0) is 38.8 Å². The molecular weight excluding hydrogens is 338 g/mol. The molecule has 4 N–H and O–H groups in total. The van der Waals surface area contributed by atoms with Crippen LogP contribution in [0.2, 0.25) is 5.02 Å². The Hall–Kier alpha value is -1.83. The van der Waals surface area contributed by atoms with Gasteiger partial charge in [-0.1, -0.05) is 23.7 Å². The Labute approximate surface area is 145 Å². The molecule has 0 aliphatic rings. The van der Waals surface area contributed by atoms with Gasteiger partial charge in [-0.3, -0.25) is 0 Å². The molecule has 1 amide bonds. The monoisotopic (exact) mass is 359 g/mol. The van der Waals surface area contributed by atoms with Crippen LogP contribution >= 0.6 is 11.6 Å². The van der Waals surface area contributed by atoms with Gasteiger partial charge in [0.25, 0.3) is 0 Å². The summed E-state index contributed by atoms with van der Waals surface area (Å²) < 4.78 is 5.04. The maximum atomic E-state index is 11.5. The van der Waals surface area contributed by atoms with Crippen LogP contribution in [-0.4, -0.2) is 45.6 Å². The standard InChI is InChI=1S/C16H22ClNO6/c1-16(2,3)24-15(23)18-8-7-11(19)13(20)9-5-4-6-10(17)12(9)14(21)22/h4-6,11,13,19-20H,7-8H2,1-3H3,(H,18,23)(H,21,22). The Bertz CT molecular complexity index is 599. The average molecular weight is 360 g/mol. The zero-order valence-corrected chi connectivity index (χ0v) is 14.5. The molecular formula is C16H22ClNO6. The van der Waals surface area contributed by atoms with Crippen molar-refractivity contribution in [1.82, 2.24) is 5.32 Å². The van der Waals surface area contributed by atoms with Crippen molar-refractivity contribution < 1.29 is 29.6 Å². The molecule has 134 valence electrons. The molecule has 0 heterocycles. The lowest BCUT2D eigenvalue weighted by Crippen LogP contribution is -2.34. The second-order valence-corrected chi connectivity index (χ2v) is 6.65. The summed E-state index contributed by atoms with van der Waals surface area (Å²) in [5.74, 6) is -1.30. The smallest absolute Gasteiger partial charge is 0.407 e. The minimum absolute atomic E-state index is 0.00593. The molecule has 1 aromatic carbocycles. The van der Waals surface area contributed by atoms with Gasteiger partial charge < -0.3 is 25.4 Å². The fraction of sp³-hybridized carbons (Fsp3) is 0.500. The maximum absolute atomic E-state index is 11.5. The van der Waals surface area contributed by atoms with Crippen LogP contribution in [0.25, 0.3) is 0 Å². The van der Waals surface area contributed by atoms with Crippen LogP contribution in [0.4, 0.5) is 4.79 Å². The lowest BCUT2D eigenvalue weighted by Gasteiger charge is -2.22. The molecule has 0 aliphatic carbocycles. The molecule has 0 aliphatic heterocycles. The van der Waals surface area contributed by atoms with Gasteiger partial charge in [0.1, 0.15) is 11.7 Å². The van der Waals surface area contributed by atoms with Crippen LogP contribution in [0.3, 0.4) is 0 Å². The second-order valence-electron chi connectivity index (χ2n) is 6.24. The summed E-state index contributed by atoms with van der Waals surface area (Å²) in [4.78, 5) is 22.8. The summed E-state index contributed by atoms with van der Waals surface area (Å²) in [6.07, 6.45) is -3.36. The molecule has 2 atom stereocenters. The molecule has 8 heteroatoms. The lowest BCUT2D eigenvalue weighted by atomic mass is 9.97. The van der Waals surface area contributed by atoms with E-state index >= 15 is 0 Å². The van der Waals surface area contributed by atoms with Gasteiger partial charge in [-0.25, -0.2) is 9.59 Å². The third-order valence-corrected chi connectivity index (χ3v) is 3.37. The SMILES string of the molecule is CC(C)(C)OC(=O)NCCC(O)C(O)c1cccc(Cl)c1C(=O)O. The van der Waals surface area contributed by atoms with Crippen LogP contribution in [0, 0.1) is 0 Å². The predicted molar refractivity (Wildman–Crippen MR) is 88.2 cm³/mol. The van der Waals surface area contributed by atoms with Crippen molar-refractivity contribution in [2.45, 2.75) is 45.0 Å². The first-order valence-corrected chi connectivity index (χ1v) is 7.75. The van der Waals surface area contributed by atoms with E-state index in [9.17, 15) is 24.9 Å². The number of aliphatic hydroxyl groups is 2. The summed E-state index contributed by atoms with van der Waals surface area (Å²) in [5.41, 5.74) is -0.884. The highest BCUT2D eigenvalue weighted by molar-refractivity contribution is 6.33. The molecule has 2 unspecified atom stereocenters. The minimum atomic E-state index is -1.45. The fourth-order valence-corrected chi connectivity index (χ4v) is 2.28. The van der Waals surface area contributed by atoms with E-state index in [1.807, 2.05) is 0 Å². The number of hydrogen-bond donors (Lipinski definition) is 4. The van der Waals surface area contributed by atoms with Gasteiger partial charge >= 0.3 is 12.1 Å². The van der Waals surface area contributed by atoms with Gasteiger partial charge in [-0.15, -0.1) is 0 Å². The molecule has 0 saturated carbocycles. The van der Waals surface area contributed by atoms with E-state index in [1.165, 1.54) is 18.2 Å². The number of carbonyl (C=O) groups is 2. The van der Waals surface area contributed by atoms with Crippen LogP contribution < -0.4 is 5.32 Å². The zero-order valence-electron chi connectivity index (χ0n) is 13.7. The number of benzene rings is 1. The van der Waals surface area contributed by atoms with Crippen LogP contribution in [0.15, 0.2) is 18.2 Å². The number of nitrogens with one attached hydrogen (secondary N) is 1. The van der Waals surface area contributed by atoms with Crippen molar-refractivity contribution in [3.05, 3.63) is 34.3 Å². The topological polar surface area (TPSA) is 116 Å². The number of carbonyl (C=O) groups excluding carboxylic acids is 1. The average Bonchev–Trinajstić information content (AvgIpc) is 2.43. The summed E-state index contributed by atoms with van der Waals surface area (Å²) in [7, 11) is 0. The third kappa shape index (κ3) is 5.99. The van der Waals surface area contributed by atoms with Gasteiger partial charge in [0.05, 0.1) is 16.7 Å². The number of hydrogen-bond acceptors (Lipinski definition) is 5. The zero-order chi connectivity index (χ0) is 18.5. The quantitative estimate of drug-likeness (QED) is 0.619. The van der Waals surface area contributed by atoms with Crippen molar-refractivity contribution >= 4 is 23.7 Å². The molecule has 0 aromatic heterocycles. The molecule has 0 fully saturated rings. The number of halogens is 1.